The molecule has 5 aliphatic rings. The Bertz CT molecular complexity index is 229. The van der Waals surface area contributed by atoms with E-state index in [0.29, 0.717) is 0 Å². The number of piperidine rings is 4. The third kappa shape index (κ3) is 1.31. The number of hydrogen-bond donors (Lipinski definition) is 1. The number of nitrogens with zero attached hydrogens (tertiary/aromatic N) is 1. The van der Waals surface area contributed by atoms with Gasteiger partial charge in [0.1, 0.15) is 0 Å². The zero-order valence-corrected chi connectivity index (χ0v) is 9.49. The Balaban J connectivity index is 1.59. The molecule has 4 saturated heterocycles. The third-order valence-corrected chi connectivity index (χ3v) is 5.29. The zero-order chi connectivity index (χ0) is 9.83. The molecule has 2 heteroatoms. The van der Waals surface area contributed by atoms with Gasteiger partial charge >= 0.3 is 0 Å². The molecular weight excluding hydrogens is 184 g/mol. The molecule has 15 heavy (non-hydrogen) atoms. The summed E-state index contributed by atoms with van der Waals surface area (Å²) in [6, 6.07) is 4.64. The van der Waals surface area contributed by atoms with Gasteiger partial charge in [0.2, 0.25) is 0 Å². The molecule has 84 valence electrons. The maximum Gasteiger partial charge on any atom is 0.0131 e. The predicted octanol–water partition coefficient (Wildman–Crippen LogP) is 1.90. The van der Waals surface area contributed by atoms with E-state index in [1.165, 1.54) is 51.4 Å². The van der Waals surface area contributed by atoms with Crippen molar-refractivity contribution in [2.24, 2.45) is 0 Å². The van der Waals surface area contributed by atoms with Crippen molar-refractivity contribution >= 4 is 0 Å². The average molecular weight is 206 g/mol. The predicted molar refractivity (Wildman–Crippen MR) is 60.9 cm³/mol. The minimum absolute atomic E-state index is 0.880. The highest BCUT2D eigenvalue weighted by atomic mass is 15.3. The summed E-state index contributed by atoms with van der Waals surface area (Å²) in [4.78, 5) is 2.96. The van der Waals surface area contributed by atoms with Gasteiger partial charge in [0, 0.05) is 30.2 Å². The first-order chi connectivity index (χ1) is 7.40. The molecule has 0 spiro atoms. The number of hydrogen-bond acceptors (Lipinski definition) is 2. The molecule has 0 aromatic rings. The van der Waals surface area contributed by atoms with Crippen LogP contribution in [0.2, 0.25) is 0 Å². The van der Waals surface area contributed by atoms with Gasteiger partial charge in [0.25, 0.3) is 0 Å². The van der Waals surface area contributed by atoms with Crippen LogP contribution in [0.1, 0.15) is 51.4 Å². The molecule has 4 aliphatic heterocycles. The summed E-state index contributed by atoms with van der Waals surface area (Å²) in [6.07, 6.45) is 11.8. The lowest BCUT2D eigenvalue weighted by molar-refractivity contribution is -0.0555. The first-order valence-corrected chi connectivity index (χ1v) is 6.93. The van der Waals surface area contributed by atoms with E-state index in [4.69, 9.17) is 0 Å². The van der Waals surface area contributed by atoms with E-state index in [1.54, 1.807) is 0 Å². The van der Waals surface area contributed by atoms with Crippen molar-refractivity contribution in [3.8, 4) is 0 Å². The van der Waals surface area contributed by atoms with E-state index in [1.807, 2.05) is 0 Å². The van der Waals surface area contributed by atoms with Crippen molar-refractivity contribution in [1.29, 1.82) is 0 Å². The Kier molecular flexibility index (Phi) is 1.92. The standard InChI is InChI=1S/C13H22N2/c1-2-4-11(3-1)15-12-5-9-6-13(15)8-10(7-12)14-9/h9-14H,1-8H2. The minimum atomic E-state index is 0.880. The lowest BCUT2D eigenvalue weighted by atomic mass is 9.73. The van der Waals surface area contributed by atoms with E-state index in [-0.39, 0.29) is 0 Å². The lowest BCUT2D eigenvalue weighted by Crippen LogP contribution is -2.69. The first kappa shape index (κ1) is 9.00. The second kappa shape index (κ2) is 3.21. The van der Waals surface area contributed by atoms with Crippen LogP contribution in [0, 0.1) is 0 Å². The van der Waals surface area contributed by atoms with Gasteiger partial charge in [-0.2, -0.15) is 0 Å². The first-order valence-electron chi connectivity index (χ1n) is 6.93. The van der Waals surface area contributed by atoms with E-state index < -0.39 is 0 Å². The van der Waals surface area contributed by atoms with Crippen molar-refractivity contribution in [3.05, 3.63) is 0 Å². The highest BCUT2D eigenvalue weighted by molar-refractivity contribution is 5.07. The van der Waals surface area contributed by atoms with Gasteiger partial charge in [-0.25, -0.2) is 0 Å². The molecule has 0 unspecified atom stereocenters. The molecule has 0 radical (unpaired) electrons. The fourth-order valence-corrected chi connectivity index (χ4v) is 4.89. The van der Waals surface area contributed by atoms with Gasteiger partial charge in [0.15, 0.2) is 0 Å². The summed E-state index contributed by atoms with van der Waals surface area (Å²) >= 11 is 0. The highest BCUT2D eigenvalue weighted by Crippen LogP contribution is 2.42. The SMILES string of the molecule is C1CCC(N2C3CC4CC2CC(C3)N4)C1. The van der Waals surface area contributed by atoms with Crippen LogP contribution in [0.25, 0.3) is 0 Å². The number of rotatable bonds is 1. The molecule has 0 atom stereocenters. The minimum Gasteiger partial charge on any atom is -0.311 e. The second-order valence-corrected chi connectivity index (χ2v) is 6.20. The molecular formula is C13H22N2. The molecule has 0 aromatic carbocycles. The Hall–Kier alpha value is -0.0800. The zero-order valence-electron chi connectivity index (χ0n) is 9.49. The van der Waals surface area contributed by atoms with Crippen molar-refractivity contribution in [1.82, 2.24) is 10.2 Å². The summed E-state index contributed by atoms with van der Waals surface area (Å²) in [6.45, 7) is 0. The Labute approximate surface area is 92.4 Å². The van der Waals surface area contributed by atoms with Crippen molar-refractivity contribution < 1.29 is 0 Å². The summed E-state index contributed by atoms with van der Waals surface area (Å²) in [7, 11) is 0. The highest BCUT2D eigenvalue weighted by Gasteiger charge is 2.48. The normalized spacial score (nSPS) is 50.4. The van der Waals surface area contributed by atoms with Gasteiger partial charge in [0.05, 0.1) is 0 Å². The summed E-state index contributed by atoms with van der Waals surface area (Å²) in [5, 5.41) is 3.80. The van der Waals surface area contributed by atoms with E-state index in [2.05, 4.69) is 10.2 Å². The van der Waals surface area contributed by atoms with Crippen molar-refractivity contribution in [3.63, 3.8) is 0 Å². The number of nitrogens with one attached hydrogen (secondary N) is 1. The molecule has 4 heterocycles. The molecule has 1 aliphatic carbocycles. The van der Waals surface area contributed by atoms with Crippen LogP contribution in [-0.4, -0.2) is 35.1 Å². The Morgan fingerprint density at radius 1 is 0.733 bits per heavy atom. The van der Waals surface area contributed by atoms with Crippen LogP contribution in [0.5, 0.6) is 0 Å². The van der Waals surface area contributed by atoms with Crippen LogP contribution in [-0.2, 0) is 0 Å². The smallest absolute Gasteiger partial charge is 0.0131 e. The van der Waals surface area contributed by atoms with Crippen LogP contribution >= 0.6 is 0 Å². The summed E-state index contributed by atoms with van der Waals surface area (Å²) in [5.74, 6) is 0. The molecule has 2 nitrogen and oxygen atoms in total. The molecule has 5 rings (SSSR count). The topological polar surface area (TPSA) is 15.3 Å². The van der Waals surface area contributed by atoms with Gasteiger partial charge in [-0.05, 0) is 38.5 Å². The van der Waals surface area contributed by atoms with Crippen LogP contribution < -0.4 is 5.32 Å². The van der Waals surface area contributed by atoms with E-state index >= 15 is 0 Å². The molecule has 4 bridgehead atoms. The molecule has 1 saturated carbocycles. The molecule has 0 aromatic heterocycles. The van der Waals surface area contributed by atoms with Crippen LogP contribution in [0.15, 0.2) is 0 Å². The quantitative estimate of drug-likeness (QED) is 0.705. The van der Waals surface area contributed by atoms with Crippen molar-refractivity contribution in [2.75, 3.05) is 0 Å². The Morgan fingerprint density at radius 3 is 1.80 bits per heavy atom. The van der Waals surface area contributed by atoms with Crippen LogP contribution in [0.4, 0.5) is 0 Å². The summed E-state index contributed by atoms with van der Waals surface area (Å²) < 4.78 is 0. The van der Waals surface area contributed by atoms with E-state index in [0.717, 1.165) is 30.2 Å². The van der Waals surface area contributed by atoms with Crippen molar-refractivity contribution in [2.45, 2.75) is 81.6 Å². The Morgan fingerprint density at radius 2 is 1.27 bits per heavy atom. The van der Waals surface area contributed by atoms with Crippen LogP contribution in [0.3, 0.4) is 0 Å². The molecule has 5 fully saturated rings. The van der Waals surface area contributed by atoms with Gasteiger partial charge in [-0.3, -0.25) is 4.90 Å². The second-order valence-electron chi connectivity index (χ2n) is 6.20. The molecule has 1 N–H and O–H groups in total. The maximum atomic E-state index is 3.80. The maximum absolute atomic E-state index is 3.80. The monoisotopic (exact) mass is 206 g/mol. The largest absolute Gasteiger partial charge is 0.311 e. The fourth-order valence-electron chi connectivity index (χ4n) is 4.89. The lowest BCUT2D eigenvalue weighted by Gasteiger charge is -2.58. The fraction of sp³-hybridized carbons (Fsp3) is 1.00. The van der Waals surface area contributed by atoms with Gasteiger partial charge < -0.3 is 5.32 Å². The third-order valence-electron chi connectivity index (χ3n) is 5.29. The van der Waals surface area contributed by atoms with Gasteiger partial charge in [-0.1, -0.05) is 12.8 Å². The average Bonchev–Trinajstić information content (AvgIpc) is 2.69. The summed E-state index contributed by atoms with van der Waals surface area (Å²) in [5.41, 5.74) is 0. The molecule has 0 amide bonds. The van der Waals surface area contributed by atoms with Gasteiger partial charge in [-0.15, -0.1) is 0 Å². The van der Waals surface area contributed by atoms with E-state index in [9.17, 15) is 0 Å².